The van der Waals surface area contributed by atoms with Gasteiger partial charge in [0.25, 0.3) is 0 Å². The standard InChI is InChI=1S/C18H14BrClFN3O2.C10H6BrFN2O2/c1-11(14-4-2-3-5-15(14)20)26-18(25)23-17-16(21)10-22-24(17)13-8-6-12(19)7-9-13;11-6-1-3-7(4-2-6)14-9(10(15)16)8(12)5-13-14/h2-11H,1H3,(H,23,25);1-5H,(H,15,16)/t11-;/m1./s1. The zero-order valence-corrected chi connectivity index (χ0v) is 25.4. The molecule has 0 aliphatic carbocycles. The molecule has 3 aromatic carbocycles. The minimum Gasteiger partial charge on any atom is -0.476 e. The van der Waals surface area contributed by atoms with Crippen LogP contribution in [-0.2, 0) is 4.74 Å². The van der Waals surface area contributed by atoms with E-state index in [9.17, 15) is 18.4 Å². The van der Waals surface area contributed by atoms with Crippen molar-refractivity contribution < 1.29 is 28.2 Å². The molecule has 14 heteroatoms. The second-order valence-electron chi connectivity index (χ2n) is 8.46. The number of anilines is 1. The molecular weight excluding hydrogens is 704 g/mol. The van der Waals surface area contributed by atoms with Gasteiger partial charge in [-0.2, -0.15) is 10.2 Å². The number of nitrogens with one attached hydrogen (secondary N) is 1. The van der Waals surface area contributed by atoms with Crippen LogP contribution in [0.3, 0.4) is 0 Å². The number of hydrogen-bond acceptors (Lipinski definition) is 5. The van der Waals surface area contributed by atoms with Crippen LogP contribution in [0.2, 0.25) is 5.02 Å². The van der Waals surface area contributed by atoms with E-state index < -0.39 is 35.5 Å². The van der Waals surface area contributed by atoms with Gasteiger partial charge < -0.3 is 9.84 Å². The molecule has 2 aromatic heterocycles. The predicted octanol–water partition coefficient (Wildman–Crippen LogP) is 8.21. The molecule has 5 rings (SSSR count). The van der Waals surface area contributed by atoms with Gasteiger partial charge >= 0.3 is 12.1 Å². The lowest BCUT2D eigenvalue weighted by Gasteiger charge is -2.16. The first-order valence-electron chi connectivity index (χ1n) is 12.0. The molecule has 216 valence electrons. The van der Waals surface area contributed by atoms with Gasteiger partial charge in [-0.25, -0.2) is 27.7 Å². The van der Waals surface area contributed by atoms with Crippen LogP contribution in [0.15, 0.2) is 94.1 Å². The largest absolute Gasteiger partial charge is 0.476 e. The Morgan fingerprint density at radius 3 is 1.98 bits per heavy atom. The van der Waals surface area contributed by atoms with Crippen molar-refractivity contribution in [2.24, 2.45) is 0 Å². The maximum absolute atomic E-state index is 14.1. The Morgan fingerprint density at radius 1 is 0.881 bits per heavy atom. The van der Waals surface area contributed by atoms with Gasteiger partial charge in [-0.05, 0) is 61.5 Å². The average Bonchev–Trinajstić information content (AvgIpc) is 3.52. The summed E-state index contributed by atoms with van der Waals surface area (Å²) in [4.78, 5) is 23.0. The quantitative estimate of drug-likeness (QED) is 0.183. The van der Waals surface area contributed by atoms with E-state index in [1.54, 1.807) is 79.7 Å². The van der Waals surface area contributed by atoms with Crippen LogP contribution in [0, 0.1) is 11.6 Å². The first-order valence-corrected chi connectivity index (χ1v) is 14.0. The zero-order valence-electron chi connectivity index (χ0n) is 21.5. The predicted molar refractivity (Wildman–Crippen MR) is 159 cm³/mol. The van der Waals surface area contributed by atoms with Gasteiger partial charge in [-0.15, -0.1) is 0 Å². The summed E-state index contributed by atoms with van der Waals surface area (Å²) in [5.74, 6) is -2.98. The fourth-order valence-electron chi connectivity index (χ4n) is 3.67. The van der Waals surface area contributed by atoms with E-state index in [2.05, 4.69) is 47.4 Å². The number of hydrogen-bond donors (Lipinski definition) is 2. The molecule has 9 nitrogen and oxygen atoms in total. The molecule has 0 unspecified atom stereocenters. The number of rotatable bonds is 6. The SMILES string of the molecule is C[C@@H](OC(=O)Nc1c(F)cnn1-c1ccc(Br)cc1)c1ccccc1Cl.O=C(O)c1c(F)cnn1-c1ccc(Br)cc1. The van der Waals surface area contributed by atoms with Crippen molar-refractivity contribution in [1.29, 1.82) is 0 Å². The summed E-state index contributed by atoms with van der Waals surface area (Å²) >= 11 is 12.7. The second-order valence-corrected chi connectivity index (χ2v) is 10.7. The van der Waals surface area contributed by atoms with Crippen molar-refractivity contribution in [3.05, 3.63) is 122 Å². The lowest BCUT2D eigenvalue weighted by atomic mass is 10.1. The Bertz CT molecular complexity index is 1710. The summed E-state index contributed by atoms with van der Waals surface area (Å²) in [5, 5.41) is 19.4. The van der Waals surface area contributed by atoms with Crippen LogP contribution >= 0.6 is 43.5 Å². The molecule has 0 aliphatic rings. The van der Waals surface area contributed by atoms with Gasteiger partial charge in [0.05, 0.1) is 23.8 Å². The highest BCUT2D eigenvalue weighted by molar-refractivity contribution is 9.10. The number of carbonyl (C=O) groups is 2. The minimum absolute atomic E-state index is 0.108. The summed E-state index contributed by atoms with van der Waals surface area (Å²) in [5.41, 5.74) is 1.27. The topological polar surface area (TPSA) is 111 Å². The van der Waals surface area contributed by atoms with Crippen LogP contribution in [0.1, 0.15) is 29.1 Å². The van der Waals surface area contributed by atoms with Crippen LogP contribution in [-0.4, -0.2) is 36.7 Å². The Morgan fingerprint density at radius 2 is 1.40 bits per heavy atom. The molecular formula is C28H20Br2ClF2N5O4. The summed E-state index contributed by atoms with van der Waals surface area (Å²) in [6, 6.07) is 20.8. The molecule has 0 fully saturated rings. The average molecular weight is 724 g/mol. The van der Waals surface area contributed by atoms with Crippen molar-refractivity contribution in [1.82, 2.24) is 19.6 Å². The zero-order chi connectivity index (χ0) is 30.4. The van der Waals surface area contributed by atoms with E-state index in [0.29, 0.717) is 22.0 Å². The lowest BCUT2D eigenvalue weighted by Crippen LogP contribution is -2.19. The molecule has 5 aromatic rings. The van der Waals surface area contributed by atoms with E-state index >= 15 is 0 Å². The number of halogens is 5. The summed E-state index contributed by atoms with van der Waals surface area (Å²) in [6.07, 6.45) is 0.492. The Labute approximate surface area is 259 Å². The molecule has 0 radical (unpaired) electrons. The fourth-order valence-corrected chi connectivity index (χ4v) is 4.49. The fraction of sp³-hybridized carbons (Fsp3) is 0.0714. The van der Waals surface area contributed by atoms with Crippen molar-refractivity contribution >= 4 is 61.3 Å². The van der Waals surface area contributed by atoms with Gasteiger partial charge in [0, 0.05) is 19.5 Å². The molecule has 2 N–H and O–H groups in total. The third-order valence-electron chi connectivity index (χ3n) is 5.64. The van der Waals surface area contributed by atoms with Gasteiger partial charge in [0.1, 0.15) is 6.10 Å². The smallest absolute Gasteiger partial charge is 0.413 e. The number of ether oxygens (including phenoxy) is 1. The number of carboxylic acid groups (broad SMARTS) is 1. The third kappa shape index (κ3) is 7.41. The molecule has 1 atom stereocenters. The molecule has 42 heavy (non-hydrogen) atoms. The van der Waals surface area contributed by atoms with E-state index in [-0.39, 0.29) is 5.82 Å². The molecule has 0 bridgehead atoms. The summed E-state index contributed by atoms with van der Waals surface area (Å²) < 4.78 is 36.6. The Kier molecular flexibility index (Phi) is 10.1. The first-order chi connectivity index (χ1) is 20.0. The molecule has 0 saturated heterocycles. The molecule has 1 amide bonds. The number of carboxylic acids is 1. The highest BCUT2D eigenvalue weighted by atomic mass is 79.9. The Balaban J connectivity index is 0.000000216. The molecule has 0 aliphatic heterocycles. The van der Waals surface area contributed by atoms with Crippen LogP contribution in [0.25, 0.3) is 11.4 Å². The van der Waals surface area contributed by atoms with Gasteiger partial charge in [0.2, 0.25) is 0 Å². The minimum atomic E-state index is -1.35. The maximum Gasteiger partial charge on any atom is 0.413 e. The van der Waals surface area contributed by atoms with Crippen LogP contribution in [0.4, 0.5) is 19.4 Å². The summed E-state index contributed by atoms with van der Waals surface area (Å²) in [6.45, 7) is 1.68. The highest BCUT2D eigenvalue weighted by Gasteiger charge is 2.20. The highest BCUT2D eigenvalue weighted by Crippen LogP contribution is 2.26. The third-order valence-corrected chi connectivity index (χ3v) is 7.04. The van der Waals surface area contributed by atoms with Crippen molar-refractivity contribution in [2.45, 2.75) is 13.0 Å². The molecule has 2 heterocycles. The van der Waals surface area contributed by atoms with E-state index in [1.165, 1.54) is 4.68 Å². The monoisotopic (exact) mass is 721 g/mol. The number of nitrogens with zero attached hydrogens (tertiary/aromatic N) is 4. The van der Waals surface area contributed by atoms with Crippen molar-refractivity contribution in [3.8, 4) is 11.4 Å². The van der Waals surface area contributed by atoms with E-state index in [1.807, 2.05) is 0 Å². The maximum atomic E-state index is 14.1. The van der Waals surface area contributed by atoms with E-state index in [4.69, 9.17) is 21.4 Å². The van der Waals surface area contributed by atoms with Crippen molar-refractivity contribution in [3.63, 3.8) is 0 Å². The van der Waals surface area contributed by atoms with Gasteiger partial charge in [-0.3, -0.25) is 5.32 Å². The summed E-state index contributed by atoms with van der Waals surface area (Å²) in [7, 11) is 0. The van der Waals surface area contributed by atoms with Crippen LogP contribution in [0.5, 0.6) is 0 Å². The number of amides is 1. The second kappa shape index (κ2) is 13.7. The molecule has 0 saturated carbocycles. The normalized spacial score (nSPS) is 11.3. The Hall–Kier alpha value is -4.07. The van der Waals surface area contributed by atoms with Crippen molar-refractivity contribution in [2.75, 3.05) is 5.32 Å². The van der Waals surface area contributed by atoms with E-state index in [0.717, 1.165) is 26.0 Å². The number of aromatic nitrogens is 4. The first kappa shape index (κ1) is 30.9. The van der Waals surface area contributed by atoms with Crippen LogP contribution < -0.4 is 5.32 Å². The van der Waals surface area contributed by atoms with Gasteiger partial charge in [0.15, 0.2) is 23.1 Å². The number of carbonyl (C=O) groups excluding carboxylic acids is 1. The van der Waals surface area contributed by atoms with Gasteiger partial charge in [-0.1, -0.05) is 61.7 Å². The number of aromatic carboxylic acids is 1. The molecule has 0 spiro atoms. The number of benzene rings is 3. The lowest BCUT2D eigenvalue weighted by molar-refractivity contribution is 0.0681.